The van der Waals surface area contributed by atoms with Crippen molar-refractivity contribution < 1.29 is 28.2 Å². The topological polar surface area (TPSA) is 117 Å². The van der Waals surface area contributed by atoms with Gasteiger partial charge in [0, 0.05) is 19.6 Å². The predicted molar refractivity (Wildman–Crippen MR) is 101 cm³/mol. The highest BCUT2D eigenvalue weighted by Gasteiger charge is 2.38. The summed E-state index contributed by atoms with van der Waals surface area (Å²) in [7, 11) is 0. The largest absolute Gasteiger partial charge is 0.490 e. The molecule has 0 aliphatic carbocycles. The molecule has 9 nitrogen and oxygen atoms in total. The fourth-order valence-corrected chi connectivity index (χ4v) is 3.61. The van der Waals surface area contributed by atoms with Crippen molar-refractivity contribution in [2.75, 3.05) is 13.1 Å². The molecule has 0 radical (unpaired) electrons. The predicted octanol–water partition coefficient (Wildman–Crippen LogP) is 2.25. The van der Waals surface area contributed by atoms with Crippen molar-refractivity contribution in [1.29, 1.82) is 0 Å². The third-order valence-electron chi connectivity index (χ3n) is 4.62. The van der Waals surface area contributed by atoms with Crippen LogP contribution in [-0.4, -0.2) is 64.1 Å². The van der Waals surface area contributed by atoms with E-state index < -0.39 is 12.1 Å². The van der Waals surface area contributed by atoms with Gasteiger partial charge in [0.05, 0.1) is 30.6 Å². The second-order valence-electron chi connectivity index (χ2n) is 6.75. The number of carboxylic acids is 1. The second kappa shape index (κ2) is 9.45. The highest BCUT2D eigenvalue weighted by molar-refractivity contribution is 7.00. The molecule has 1 fully saturated rings. The lowest BCUT2D eigenvalue weighted by Gasteiger charge is -2.31. The van der Waals surface area contributed by atoms with E-state index >= 15 is 0 Å². The number of hydrogen-bond donors (Lipinski definition) is 2. The van der Waals surface area contributed by atoms with Gasteiger partial charge in [-0.25, -0.2) is 9.48 Å². The average Bonchev–Trinajstić information content (AvgIpc) is 3.37. The standard InChI is InChI=1S/C15H18N6OS.C2HF3O2/c22-10-12-9-21(19-16-12)13-3-5-20(6-4-13)8-11-1-2-14-15(7-11)18-23-17-14;3-2(4,5)1(6)7/h1-2,7,9,13,22H,3-6,8,10H2;(H,6,7). The van der Waals surface area contributed by atoms with Gasteiger partial charge in [-0.1, -0.05) is 11.3 Å². The first-order chi connectivity index (χ1) is 14.3. The fraction of sp³-hybridized carbons (Fsp3) is 0.471. The zero-order valence-electron chi connectivity index (χ0n) is 15.7. The van der Waals surface area contributed by atoms with Gasteiger partial charge in [0.25, 0.3) is 0 Å². The molecule has 1 aliphatic rings. The lowest BCUT2D eigenvalue weighted by Crippen LogP contribution is -2.34. The molecular formula is C17H19F3N6O3S. The van der Waals surface area contributed by atoms with Crippen molar-refractivity contribution in [2.24, 2.45) is 0 Å². The number of fused-ring (bicyclic) bond motifs is 1. The number of benzene rings is 1. The number of piperidine rings is 1. The van der Waals surface area contributed by atoms with Gasteiger partial charge in [0.1, 0.15) is 16.7 Å². The van der Waals surface area contributed by atoms with Crippen LogP contribution >= 0.6 is 11.7 Å². The van der Waals surface area contributed by atoms with E-state index in [9.17, 15) is 13.2 Å². The van der Waals surface area contributed by atoms with Gasteiger partial charge < -0.3 is 10.2 Å². The fourth-order valence-electron chi connectivity index (χ4n) is 3.09. The van der Waals surface area contributed by atoms with Crippen LogP contribution < -0.4 is 0 Å². The van der Waals surface area contributed by atoms with Gasteiger partial charge in [-0.3, -0.25) is 4.90 Å². The van der Waals surface area contributed by atoms with Crippen molar-refractivity contribution in [2.45, 2.75) is 38.2 Å². The Morgan fingerprint density at radius 1 is 1.20 bits per heavy atom. The Labute approximate surface area is 173 Å². The normalized spacial score (nSPS) is 15.7. The Balaban J connectivity index is 0.000000318. The summed E-state index contributed by atoms with van der Waals surface area (Å²) in [6, 6.07) is 6.70. The van der Waals surface area contributed by atoms with Gasteiger partial charge in [0.2, 0.25) is 0 Å². The van der Waals surface area contributed by atoms with Crippen LogP contribution in [0.15, 0.2) is 24.4 Å². The molecule has 3 heterocycles. The van der Waals surface area contributed by atoms with Gasteiger partial charge in [0.15, 0.2) is 0 Å². The number of aliphatic hydroxyl groups excluding tert-OH is 1. The van der Waals surface area contributed by atoms with Crippen LogP contribution in [0.4, 0.5) is 13.2 Å². The number of carboxylic acid groups (broad SMARTS) is 1. The number of alkyl halides is 3. The molecule has 1 saturated heterocycles. The molecule has 0 saturated carbocycles. The number of aliphatic hydroxyl groups is 1. The molecule has 0 bridgehead atoms. The number of hydrogen-bond acceptors (Lipinski definition) is 8. The minimum atomic E-state index is -5.08. The van der Waals surface area contributed by atoms with Gasteiger partial charge >= 0.3 is 12.1 Å². The summed E-state index contributed by atoms with van der Waals surface area (Å²) in [5.41, 5.74) is 3.88. The van der Waals surface area contributed by atoms with Crippen molar-refractivity contribution in [1.82, 2.24) is 28.6 Å². The van der Waals surface area contributed by atoms with Crippen LogP contribution in [0.2, 0.25) is 0 Å². The Kier molecular flexibility index (Phi) is 6.95. The minimum Gasteiger partial charge on any atom is -0.475 e. The number of aliphatic carboxylic acids is 1. The van der Waals surface area contributed by atoms with Crippen LogP contribution in [0.5, 0.6) is 0 Å². The maximum absolute atomic E-state index is 10.6. The number of halogens is 3. The summed E-state index contributed by atoms with van der Waals surface area (Å²) in [4.78, 5) is 11.4. The molecule has 0 amide bonds. The third-order valence-corrected chi connectivity index (χ3v) is 5.17. The molecule has 0 spiro atoms. The quantitative estimate of drug-likeness (QED) is 0.629. The summed E-state index contributed by atoms with van der Waals surface area (Å²) in [5.74, 6) is -2.76. The Morgan fingerprint density at radius 2 is 1.87 bits per heavy atom. The number of carbonyl (C=O) groups is 1. The molecule has 1 aliphatic heterocycles. The van der Waals surface area contributed by atoms with Crippen LogP contribution in [-0.2, 0) is 17.9 Å². The lowest BCUT2D eigenvalue weighted by atomic mass is 10.0. The van der Waals surface area contributed by atoms with Crippen molar-refractivity contribution >= 4 is 28.7 Å². The van der Waals surface area contributed by atoms with Crippen LogP contribution in [0.25, 0.3) is 11.0 Å². The maximum atomic E-state index is 10.6. The van der Waals surface area contributed by atoms with Crippen molar-refractivity contribution in [3.05, 3.63) is 35.7 Å². The third kappa shape index (κ3) is 5.70. The minimum absolute atomic E-state index is 0.0488. The first kappa shape index (κ1) is 22.1. The molecule has 30 heavy (non-hydrogen) atoms. The first-order valence-electron chi connectivity index (χ1n) is 9.01. The van der Waals surface area contributed by atoms with E-state index in [1.165, 1.54) is 17.3 Å². The Bertz CT molecular complexity index is 984. The zero-order chi connectivity index (χ0) is 21.7. The molecule has 4 rings (SSSR count). The second-order valence-corrected chi connectivity index (χ2v) is 7.27. The van der Waals surface area contributed by atoms with E-state index in [1.807, 2.05) is 16.9 Å². The van der Waals surface area contributed by atoms with Gasteiger partial charge in [-0.15, -0.1) is 5.10 Å². The average molecular weight is 444 g/mol. The van der Waals surface area contributed by atoms with Gasteiger partial charge in [-0.2, -0.15) is 21.9 Å². The molecule has 3 aromatic rings. The maximum Gasteiger partial charge on any atom is 0.490 e. The summed E-state index contributed by atoms with van der Waals surface area (Å²) >= 11 is 1.26. The molecule has 13 heteroatoms. The number of rotatable bonds is 4. The van der Waals surface area contributed by atoms with Crippen LogP contribution in [0.1, 0.15) is 30.1 Å². The van der Waals surface area contributed by atoms with Crippen molar-refractivity contribution in [3.8, 4) is 0 Å². The zero-order valence-corrected chi connectivity index (χ0v) is 16.5. The van der Waals surface area contributed by atoms with E-state index in [0.717, 1.165) is 43.5 Å². The van der Waals surface area contributed by atoms with E-state index in [1.54, 1.807) is 0 Å². The Hall–Kier alpha value is -2.64. The summed E-state index contributed by atoms with van der Waals surface area (Å²) in [6.07, 6.45) is -1.13. The van der Waals surface area contributed by atoms with Crippen LogP contribution in [0.3, 0.4) is 0 Å². The molecule has 2 aromatic heterocycles. The van der Waals surface area contributed by atoms with E-state index in [2.05, 4.69) is 36.1 Å². The highest BCUT2D eigenvalue weighted by atomic mass is 32.1. The lowest BCUT2D eigenvalue weighted by molar-refractivity contribution is -0.192. The Morgan fingerprint density at radius 3 is 2.47 bits per heavy atom. The molecule has 2 N–H and O–H groups in total. The molecule has 0 atom stereocenters. The molecule has 0 unspecified atom stereocenters. The number of likely N-dealkylation sites (tertiary alicyclic amines) is 1. The molecule has 1 aromatic carbocycles. The SMILES string of the molecule is O=C(O)C(F)(F)F.OCc1cn(C2CCN(Cc3ccc4nsnc4c3)CC2)nn1. The van der Waals surface area contributed by atoms with Gasteiger partial charge in [-0.05, 0) is 30.5 Å². The van der Waals surface area contributed by atoms with Crippen LogP contribution in [0, 0.1) is 0 Å². The summed E-state index contributed by atoms with van der Waals surface area (Å²) < 4.78 is 42.2. The summed E-state index contributed by atoms with van der Waals surface area (Å²) in [5, 5.41) is 24.3. The van der Waals surface area contributed by atoms with E-state index in [-0.39, 0.29) is 6.61 Å². The first-order valence-corrected chi connectivity index (χ1v) is 9.74. The molecule has 162 valence electrons. The highest BCUT2D eigenvalue weighted by Crippen LogP contribution is 2.23. The summed E-state index contributed by atoms with van der Waals surface area (Å²) in [6.45, 7) is 2.96. The molecular weight excluding hydrogens is 425 g/mol. The van der Waals surface area contributed by atoms with Crippen molar-refractivity contribution in [3.63, 3.8) is 0 Å². The van der Waals surface area contributed by atoms with E-state index in [4.69, 9.17) is 15.0 Å². The number of aromatic nitrogens is 5. The number of nitrogens with zero attached hydrogens (tertiary/aromatic N) is 6. The monoisotopic (exact) mass is 444 g/mol. The smallest absolute Gasteiger partial charge is 0.475 e. The van der Waals surface area contributed by atoms with E-state index in [0.29, 0.717) is 11.7 Å².